The van der Waals surface area contributed by atoms with Crippen LogP contribution in [0.15, 0.2) is 24.3 Å². The summed E-state index contributed by atoms with van der Waals surface area (Å²) < 4.78 is 43.6. The largest absolute Gasteiger partial charge is 0.490 e. The average molecular weight is 640 g/mol. The number of aliphatic carboxylic acids is 1. The maximum Gasteiger partial charge on any atom is 0.410 e. The van der Waals surface area contributed by atoms with E-state index in [2.05, 4.69) is 9.62 Å². The summed E-state index contributed by atoms with van der Waals surface area (Å²) in [5, 5.41) is 9.51. The number of likely N-dealkylation sites (tertiary alicyclic amines) is 1. The van der Waals surface area contributed by atoms with Crippen molar-refractivity contribution in [1.29, 1.82) is 0 Å². The summed E-state index contributed by atoms with van der Waals surface area (Å²) in [6, 6.07) is 5.11. The molecule has 2 fully saturated rings. The van der Waals surface area contributed by atoms with E-state index in [9.17, 15) is 27.9 Å². The molecule has 248 valence electrons. The third-order valence-corrected chi connectivity index (χ3v) is 9.02. The first-order valence-electron chi connectivity index (χ1n) is 15.6. The van der Waals surface area contributed by atoms with Gasteiger partial charge >= 0.3 is 18.0 Å². The highest BCUT2D eigenvalue weighted by atomic mass is 32.2. The van der Waals surface area contributed by atoms with Crippen LogP contribution >= 0.6 is 0 Å². The van der Waals surface area contributed by atoms with Gasteiger partial charge in [-0.1, -0.05) is 31.9 Å². The lowest BCUT2D eigenvalue weighted by Gasteiger charge is -2.35. The molecule has 13 heteroatoms. The molecule has 2 saturated heterocycles. The minimum atomic E-state index is -3.69. The Hall–Kier alpha value is -2.90. The number of carboxylic acid groups (broad SMARTS) is 1. The van der Waals surface area contributed by atoms with Crippen molar-refractivity contribution in [2.45, 2.75) is 103 Å². The first kappa shape index (κ1) is 35.6. The molecule has 3 atom stereocenters. The van der Waals surface area contributed by atoms with Crippen molar-refractivity contribution in [3.63, 3.8) is 0 Å². The smallest absolute Gasteiger partial charge is 0.410 e. The highest BCUT2D eigenvalue weighted by Crippen LogP contribution is 2.21. The fraction of sp³-hybridized carbons (Fsp3) is 0.710. The molecule has 0 saturated carbocycles. The van der Waals surface area contributed by atoms with Gasteiger partial charge in [0.1, 0.15) is 30.0 Å². The molecule has 2 N–H and O–H groups in total. The topological polar surface area (TPSA) is 152 Å². The number of benzene rings is 1. The van der Waals surface area contributed by atoms with Crippen molar-refractivity contribution in [2.75, 3.05) is 38.5 Å². The number of cyclic esters (lactones) is 1. The zero-order valence-electron chi connectivity index (χ0n) is 26.5. The minimum Gasteiger partial charge on any atom is -0.490 e. The second-order valence-corrected chi connectivity index (χ2v) is 14.5. The Morgan fingerprint density at radius 3 is 2.41 bits per heavy atom. The highest BCUT2D eigenvalue weighted by Gasteiger charge is 2.34. The summed E-state index contributed by atoms with van der Waals surface area (Å²) >= 11 is 0. The zero-order chi connectivity index (χ0) is 32.3. The number of ether oxygens (including phenoxy) is 3. The Morgan fingerprint density at radius 1 is 1.11 bits per heavy atom. The van der Waals surface area contributed by atoms with Gasteiger partial charge in [-0.2, -0.15) is 0 Å². The van der Waals surface area contributed by atoms with E-state index in [1.165, 1.54) is 6.42 Å². The van der Waals surface area contributed by atoms with E-state index in [4.69, 9.17) is 14.2 Å². The molecule has 0 bridgehead atoms. The average Bonchev–Trinajstić information content (AvgIpc) is 3.31. The summed E-state index contributed by atoms with van der Waals surface area (Å²) in [5.41, 5.74) is 0.0720. The summed E-state index contributed by atoms with van der Waals surface area (Å²) in [6.07, 6.45) is 4.77. The van der Waals surface area contributed by atoms with Gasteiger partial charge in [0.15, 0.2) is 6.10 Å². The van der Waals surface area contributed by atoms with Gasteiger partial charge in [-0.05, 0) is 90.1 Å². The first-order valence-corrected chi connectivity index (χ1v) is 17.3. The quantitative estimate of drug-likeness (QED) is 0.242. The molecule has 0 spiro atoms. The SMILES string of the molecule is CCCCS(=O)(=O)NC(Cc1ccc(OCC2CN(CCCC(C(=O)OC(C)(C)C)N3CCCCC3)C(=O)O2)cc1)C(=O)O. The molecule has 1 aromatic carbocycles. The fourth-order valence-corrected chi connectivity index (χ4v) is 6.71. The number of piperidine rings is 1. The van der Waals surface area contributed by atoms with Crippen LogP contribution in [0.2, 0.25) is 0 Å². The van der Waals surface area contributed by atoms with Gasteiger partial charge in [0.2, 0.25) is 10.0 Å². The Kier molecular flexibility index (Phi) is 13.3. The van der Waals surface area contributed by atoms with E-state index in [0.29, 0.717) is 50.1 Å². The van der Waals surface area contributed by atoms with Crippen molar-refractivity contribution in [2.24, 2.45) is 0 Å². The monoisotopic (exact) mass is 639 g/mol. The van der Waals surface area contributed by atoms with E-state index < -0.39 is 39.8 Å². The van der Waals surface area contributed by atoms with Crippen molar-refractivity contribution >= 4 is 28.1 Å². The van der Waals surface area contributed by atoms with E-state index in [-0.39, 0.29) is 30.8 Å². The number of sulfonamides is 1. The van der Waals surface area contributed by atoms with Crippen LogP contribution < -0.4 is 9.46 Å². The Balaban J connectivity index is 1.46. The van der Waals surface area contributed by atoms with Gasteiger partial charge in [-0.25, -0.2) is 17.9 Å². The van der Waals surface area contributed by atoms with Gasteiger partial charge in [0.05, 0.1) is 12.3 Å². The minimum absolute atomic E-state index is 0.0112. The van der Waals surface area contributed by atoms with Crippen LogP contribution in [0.5, 0.6) is 5.75 Å². The van der Waals surface area contributed by atoms with E-state index >= 15 is 0 Å². The number of hydrogen-bond acceptors (Lipinski definition) is 9. The van der Waals surface area contributed by atoms with Gasteiger partial charge < -0.3 is 24.2 Å². The van der Waals surface area contributed by atoms with Gasteiger partial charge in [-0.15, -0.1) is 0 Å². The number of carboxylic acids is 1. The predicted octanol–water partition coefficient (Wildman–Crippen LogP) is 3.58. The van der Waals surface area contributed by atoms with Crippen molar-refractivity contribution < 1.29 is 42.1 Å². The molecular weight excluding hydrogens is 590 g/mol. The molecule has 2 heterocycles. The van der Waals surface area contributed by atoms with Gasteiger partial charge in [0, 0.05) is 6.54 Å². The van der Waals surface area contributed by atoms with E-state index in [1.807, 2.05) is 27.7 Å². The second kappa shape index (κ2) is 16.4. The Bertz CT molecular complexity index is 1190. The first-order chi connectivity index (χ1) is 20.8. The number of rotatable bonds is 17. The maximum absolute atomic E-state index is 13.0. The van der Waals surface area contributed by atoms with Gasteiger partial charge in [0.25, 0.3) is 0 Å². The lowest BCUT2D eigenvalue weighted by molar-refractivity contribution is -0.162. The summed E-state index contributed by atoms with van der Waals surface area (Å²) in [4.78, 5) is 41.0. The number of amides is 1. The number of hydrogen-bond donors (Lipinski definition) is 2. The number of nitrogens with zero attached hydrogens (tertiary/aromatic N) is 2. The molecule has 1 aromatic rings. The predicted molar refractivity (Wildman–Crippen MR) is 165 cm³/mol. The summed E-state index contributed by atoms with van der Waals surface area (Å²) in [7, 11) is -3.69. The Morgan fingerprint density at radius 2 is 1.80 bits per heavy atom. The highest BCUT2D eigenvalue weighted by molar-refractivity contribution is 7.89. The summed E-state index contributed by atoms with van der Waals surface area (Å²) in [5.74, 6) is -1.06. The van der Waals surface area contributed by atoms with Crippen LogP contribution in [-0.4, -0.2) is 104 Å². The van der Waals surface area contributed by atoms with Crippen molar-refractivity contribution in [3.05, 3.63) is 29.8 Å². The normalized spacial score (nSPS) is 19.3. The molecule has 3 unspecified atom stereocenters. The molecular formula is C31H49N3O9S. The van der Waals surface area contributed by atoms with Crippen LogP contribution in [-0.2, 0) is 35.5 Å². The van der Waals surface area contributed by atoms with Crippen LogP contribution in [0.3, 0.4) is 0 Å². The maximum atomic E-state index is 13.0. The molecule has 2 aliphatic heterocycles. The molecule has 44 heavy (non-hydrogen) atoms. The molecule has 2 aliphatic rings. The summed E-state index contributed by atoms with van der Waals surface area (Å²) in [6.45, 7) is 10.2. The lowest BCUT2D eigenvalue weighted by atomic mass is 10.0. The fourth-order valence-electron chi connectivity index (χ4n) is 5.30. The van der Waals surface area contributed by atoms with E-state index in [0.717, 1.165) is 25.9 Å². The number of carbonyl (C=O) groups is 3. The van der Waals surface area contributed by atoms with Crippen LogP contribution in [0.1, 0.15) is 78.2 Å². The lowest BCUT2D eigenvalue weighted by Crippen LogP contribution is -2.47. The molecule has 3 rings (SSSR count). The van der Waals surface area contributed by atoms with Crippen molar-refractivity contribution in [1.82, 2.24) is 14.5 Å². The third kappa shape index (κ3) is 11.9. The second-order valence-electron chi connectivity index (χ2n) is 12.6. The molecule has 12 nitrogen and oxygen atoms in total. The number of carbonyl (C=O) groups excluding carboxylic acids is 2. The Labute approximate surface area is 261 Å². The molecule has 0 radical (unpaired) electrons. The number of unbranched alkanes of at least 4 members (excludes halogenated alkanes) is 1. The number of esters is 1. The van der Waals surface area contributed by atoms with Crippen molar-refractivity contribution in [3.8, 4) is 5.75 Å². The van der Waals surface area contributed by atoms with Crippen LogP contribution in [0.25, 0.3) is 0 Å². The standard InChI is InChI=1S/C31H49N3O9S/c1-5-6-19-44(39,40)32-26(28(35)36)20-23-12-14-24(15-13-23)41-22-25-21-34(30(38)42-25)18-10-11-27(29(37)43-31(2,3)4)33-16-8-7-9-17-33/h12-15,25-27,32H,5-11,16-22H2,1-4H3,(H,35,36). The molecule has 0 aromatic heterocycles. The van der Waals surface area contributed by atoms with Crippen LogP contribution in [0.4, 0.5) is 4.79 Å². The van der Waals surface area contributed by atoms with Gasteiger partial charge in [-0.3, -0.25) is 14.5 Å². The third-order valence-electron chi connectivity index (χ3n) is 7.55. The molecule has 0 aliphatic carbocycles. The zero-order valence-corrected chi connectivity index (χ0v) is 27.3. The number of nitrogens with one attached hydrogen (secondary N) is 1. The van der Waals surface area contributed by atoms with Crippen LogP contribution in [0, 0.1) is 0 Å². The van der Waals surface area contributed by atoms with E-state index in [1.54, 1.807) is 29.2 Å². The molecule has 1 amide bonds.